The minimum Gasteiger partial charge on any atom is -0.506 e. The molecule has 59 heavy (non-hydrogen) atoms. The first kappa shape index (κ1) is 46.7. The molecule has 0 unspecified atom stereocenters. The molecule has 0 aromatic heterocycles. The number of benzene rings is 6. The predicted octanol–water partition coefficient (Wildman–Crippen LogP) is 8.19. The van der Waals surface area contributed by atoms with Crippen LogP contribution in [0.4, 0.5) is 22.7 Å². The van der Waals surface area contributed by atoms with Gasteiger partial charge in [0.25, 0.3) is 40.5 Å². The monoisotopic (exact) mass is 973 g/mol. The van der Waals surface area contributed by atoms with Crippen LogP contribution >= 0.6 is 23.2 Å². The first-order valence-corrected chi connectivity index (χ1v) is 21.6. The van der Waals surface area contributed by atoms with Gasteiger partial charge in [-0.3, -0.25) is 18.2 Å². The smallest absolute Gasteiger partial charge is 0.506 e. The Bertz CT molecular complexity index is 3020. The van der Waals surface area contributed by atoms with Gasteiger partial charge in [0.15, 0.2) is 0 Å². The van der Waals surface area contributed by atoms with Crippen LogP contribution in [0.15, 0.2) is 125 Å². The summed E-state index contributed by atoms with van der Waals surface area (Å²) in [6, 6.07) is 15.1. The Kier molecular flexibility index (Phi) is 13.7. The van der Waals surface area contributed by atoms with Gasteiger partial charge in [0.05, 0.1) is 9.79 Å². The van der Waals surface area contributed by atoms with Crippen molar-refractivity contribution in [2.24, 2.45) is 20.5 Å². The Morgan fingerprint density at radius 2 is 0.746 bits per heavy atom. The molecule has 0 amide bonds. The Balaban J connectivity index is 0. The maximum atomic E-state index is 11.8. The molecule has 27 heteroatoms. The van der Waals surface area contributed by atoms with Crippen LogP contribution in [0.3, 0.4) is 0 Å². The number of azo groups is 2. The molecule has 0 aliphatic rings. The van der Waals surface area contributed by atoms with Crippen LogP contribution in [0.2, 0.25) is 10.0 Å². The average molecular weight is 975 g/mol. The number of phenolic OH excluding ortho intramolecular Hbond substituents is 4. The predicted molar refractivity (Wildman–Crippen MR) is 211 cm³/mol. The Labute approximate surface area is 360 Å². The summed E-state index contributed by atoms with van der Waals surface area (Å²) in [5, 5.41) is 54.4. The zero-order valence-electron chi connectivity index (χ0n) is 33.5. The van der Waals surface area contributed by atoms with E-state index in [0.29, 0.717) is 12.1 Å². The quantitative estimate of drug-likeness (QED) is 0.0526. The van der Waals surface area contributed by atoms with Gasteiger partial charge in [0.2, 0.25) is 0 Å². The third kappa shape index (κ3) is 10.8. The molecule has 0 aliphatic heterocycles. The Morgan fingerprint density at radius 3 is 1.05 bits per heavy atom. The van der Waals surface area contributed by atoms with E-state index in [9.17, 15) is 72.3 Å². The molecule has 0 saturated heterocycles. The van der Waals surface area contributed by atoms with E-state index in [0.717, 1.165) is 36.4 Å². The van der Waals surface area contributed by atoms with E-state index in [1.54, 1.807) is 0 Å². The molecule has 20 nitrogen and oxygen atoms in total. The van der Waals surface area contributed by atoms with E-state index in [1.807, 2.05) is 0 Å². The molecule has 0 spiro atoms. The number of fused-ring (bicyclic) bond motifs is 2. The fraction of sp³-hybridized carbons (Fsp3) is 0. The van der Waals surface area contributed by atoms with Crippen molar-refractivity contribution in [3.8, 4) is 23.0 Å². The van der Waals surface area contributed by atoms with Crippen LogP contribution in [-0.4, -0.2) is 72.3 Å². The van der Waals surface area contributed by atoms with Crippen molar-refractivity contribution in [1.82, 2.24) is 0 Å². The van der Waals surface area contributed by atoms with Crippen LogP contribution in [0.5, 0.6) is 23.0 Å². The van der Waals surface area contributed by atoms with E-state index in [4.69, 9.17) is 23.2 Å². The van der Waals surface area contributed by atoms with Gasteiger partial charge < -0.3 is 20.4 Å². The third-order valence-corrected chi connectivity index (χ3v) is 11.4. The first-order valence-electron chi connectivity index (χ1n) is 15.1. The molecule has 0 fully saturated rings. The second-order valence-electron chi connectivity index (χ2n) is 11.5. The van der Waals surface area contributed by atoms with Crippen LogP contribution in [0.1, 0.15) is 7.13 Å². The summed E-state index contributed by atoms with van der Waals surface area (Å²) >= 11 is 11.6. The molecule has 0 heterocycles. The van der Waals surface area contributed by atoms with Gasteiger partial charge in [-0.1, -0.05) is 35.3 Å². The standard InChI is InChI=1S/2C16H11ClN2O8S2.Cr/c2*17-9-2-4-12(20)11(6-9)18-19-16-13(21)3-1-8-5-10(28(22,23)24)7-14(15(8)16)29(25,26)27;/h2*1-7,20-21H,(H,22,23,24)(H,25,26,27);/p+5. The van der Waals surface area contributed by atoms with Gasteiger partial charge in [-0.05, 0) is 83.6 Å². The maximum Gasteiger partial charge on any atom is 1.00 e. The zero-order chi connectivity index (χ0) is 43.1. The van der Waals surface area contributed by atoms with Crippen LogP contribution in [0.25, 0.3) is 21.5 Å². The fourth-order valence-electron chi connectivity index (χ4n) is 5.01. The van der Waals surface area contributed by atoms with Gasteiger partial charge in [0.1, 0.15) is 55.5 Å². The molecule has 0 atom stereocenters. The first-order chi connectivity index (χ1) is 26.8. The number of halogens is 2. The number of hydrogen-bond donors (Lipinski definition) is 8. The molecule has 310 valence electrons. The molecular formula is C32H27Cl2CrN4O16S4+5. The molecule has 6 rings (SSSR count). The van der Waals surface area contributed by atoms with Gasteiger partial charge in [-0.25, -0.2) is 0 Å². The van der Waals surface area contributed by atoms with E-state index >= 15 is 0 Å². The third-order valence-electron chi connectivity index (χ3n) is 7.55. The SMILES string of the molecule is O=S(=O)(O)c1cc(S(=O)(=O)O)c2c(N=Nc3cc(Cl)ccc3O)c(O)ccc2c1.O=S(=O)(O)c1cc(S(=O)(=O)O)c2c(N=Nc3cc(Cl)ccc3O)c(O)ccc2c1.[Cr].[H+].[H+].[H+].[H+].[H+]. The molecule has 0 aliphatic carbocycles. The molecule has 0 bridgehead atoms. The summed E-state index contributed by atoms with van der Waals surface area (Å²) in [4.78, 5) is -3.44. The molecule has 0 saturated carbocycles. The minimum atomic E-state index is -5.01. The Morgan fingerprint density at radius 1 is 0.424 bits per heavy atom. The summed E-state index contributed by atoms with van der Waals surface area (Å²) in [5.74, 6) is -1.71. The summed E-state index contributed by atoms with van der Waals surface area (Å²) in [6.07, 6.45) is 0. The molecule has 6 aromatic carbocycles. The summed E-state index contributed by atoms with van der Waals surface area (Å²) in [7, 11) is -19.6. The number of rotatable bonds is 8. The van der Waals surface area contributed by atoms with Crippen molar-refractivity contribution >= 4 is 108 Å². The van der Waals surface area contributed by atoms with Crippen molar-refractivity contribution in [3.05, 3.63) is 95.0 Å². The number of phenols is 4. The van der Waals surface area contributed by atoms with Crippen LogP contribution in [-0.2, 0) is 57.8 Å². The zero-order valence-corrected chi connectivity index (χ0v) is 34.6. The van der Waals surface area contributed by atoms with Crippen molar-refractivity contribution in [3.63, 3.8) is 0 Å². The van der Waals surface area contributed by atoms with Crippen LogP contribution < -0.4 is 0 Å². The van der Waals surface area contributed by atoms with Crippen molar-refractivity contribution in [1.29, 1.82) is 0 Å². The summed E-state index contributed by atoms with van der Waals surface area (Å²) in [5.41, 5.74) is -1.07. The molecule has 8 N–H and O–H groups in total. The fourth-order valence-corrected chi connectivity index (χ4v) is 8.07. The number of aromatic hydroxyl groups is 4. The van der Waals surface area contributed by atoms with Gasteiger partial charge in [-0.2, -0.15) is 33.7 Å². The number of nitrogens with zero attached hydrogens (tertiary/aromatic N) is 4. The minimum absolute atomic E-state index is 0. The second kappa shape index (κ2) is 17.3. The average Bonchev–Trinajstić information content (AvgIpc) is 3.11. The topological polar surface area (TPSA) is 348 Å². The van der Waals surface area contributed by atoms with E-state index in [1.165, 1.54) is 36.4 Å². The summed E-state index contributed by atoms with van der Waals surface area (Å²) in [6.45, 7) is 0. The maximum absolute atomic E-state index is 11.8. The van der Waals surface area contributed by atoms with E-state index in [2.05, 4.69) is 20.5 Å². The number of hydrogen-bond acceptors (Lipinski definition) is 16. The Hall–Kier alpha value is -5.01. The van der Waals surface area contributed by atoms with E-state index < -0.39 is 82.9 Å². The van der Waals surface area contributed by atoms with E-state index in [-0.39, 0.29) is 79.0 Å². The van der Waals surface area contributed by atoms with Crippen molar-refractivity contribution < 1.29 is 96.8 Å². The van der Waals surface area contributed by atoms with Gasteiger partial charge in [-0.15, -0.1) is 20.5 Å². The second-order valence-corrected chi connectivity index (χ2v) is 18.0. The van der Waals surface area contributed by atoms with Gasteiger partial charge in [0, 0.05) is 38.2 Å². The van der Waals surface area contributed by atoms with Crippen LogP contribution in [0, 0.1) is 0 Å². The largest absolute Gasteiger partial charge is 1.00 e. The summed E-state index contributed by atoms with van der Waals surface area (Å²) < 4.78 is 131. The molecule has 0 radical (unpaired) electrons. The van der Waals surface area contributed by atoms with Crippen molar-refractivity contribution in [2.75, 3.05) is 0 Å². The van der Waals surface area contributed by atoms with Crippen molar-refractivity contribution in [2.45, 2.75) is 19.6 Å². The molecular weight excluding hydrogens is 948 g/mol. The normalized spacial score (nSPS) is 12.4. The molecule has 6 aromatic rings. The van der Waals surface area contributed by atoms with Gasteiger partial charge >= 0.3 is 7.13 Å².